The Hall–Kier alpha value is -1.42. The molecule has 2 unspecified atom stereocenters. The maximum absolute atomic E-state index is 14.3. The van der Waals surface area contributed by atoms with Crippen molar-refractivity contribution in [2.45, 2.75) is 42.6 Å². The molecule has 1 aromatic carbocycles. The van der Waals surface area contributed by atoms with Crippen molar-refractivity contribution in [2.75, 3.05) is 0 Å². The normalized spacial score (nSPS) is 27.8. The van der Waals surface area contributed by atoms with Gasteiger partial charge in [0.05, 0.1) is 11.1 Å². The van der Waals surface area contributed by atoms with E-state index in [0.717, 1.165) is 18.2 Å². The van der Waals surface area contributed by atoms with Crippen LogP contribution in [0.5, 0.6) is 0 Å². The monoisotopic (exact) mass is 315 g/mol. The summed E-state index contributed by atoms with van der Waals surface area (Å²) in [7, 11) is 0. The van der Waals surface area contributed by atoms with Gasteiger partial charge < -0.3 is 0 Å². The zero-order valence-corrected chi connectivity index (χ0v) is 13.1. The lowest BCUT2D eigenvalue weighted by Gasteiger charge is -2.38. The number of aromatic nitrogens is 1. The van der Waals surface area contributed by atoms with E-state index in [1.54, 1.807) is 12.3 Å². The minimum Gasteiger partial charge on any atom is -0.294 e. The van der Waals surface area contributed by atoms with Gasteiger partial charge in [0.2, 0.25) is 0 Å². The van der Waals surface area contributed by atoms with E-state index >= 15 is 0 Å². The molecule has 0 spiro atoms. The molecule has 2 fully saturated rings. The molecule has 0 radical (unpaired) electrons. The Bertz CT molecular complexity index is 720. The van der Waals surface area contributed by atoms with Crippen LogP contribution in [0, 0.1) is 11.7 Å². The van der Waals surface area contributed by atoms with Gasteiger partial charge in [-0.1, -0.05) is 12.5 Å². The van der Waals surface area contributed by atoms with Crippen molar-refractivity contribution in [2.24, 2.45) is 5.92 Å². The molecule has 2 saturated heterocycles. The van der Waals surface area contributed by atoms with Crippen LogP contribution in [-0.2, 0) is 0 Å². The third-order valence-electron chi connectivity index (χ3n) is 4.86. The zero-order valence-electron chi connectivity index (χ0n) is 12.3. The average Bonchev–Trinajstić information content (AvgIpc) is 2.53. The Morgan fingerprint density at radius 3 is 2.77 bits per heavy atom. The highest BCUT2D eigenvalue weighted by atomic mass is 32.2. The molecule has 0 aliphatic carbocycles. The summed E-state index contributed by atoms with van der Waals surface area (Å²) in [5, 5.41) is 2.01. The second-order valence-corrected chi connectivity index (χ2v) is 7.98. The highest BCUT2D eigenvalue weighted by Gasteiger charge is 2.36. The fraction of sp³-hybridized carbons (Fsp3) is 0.444. The van der Waals surface area contributed by atoms with Crippen LogP contribution in [-0.4, -0.2) is 21.3 Å². The summed E-state index contributed by atoms with van der Waals surface area (Å²) in [6.45, 7) is 0. The van der Waals surface area contributed by atoms with E-state index in [1.165, 1.54) is 25.3 Å². The maximum atomic E-state index is 14.3. The van der Waals surface area contributed by atoms with E-state index in [-0.39, 0.29) is 17.3 Å². The number of Topliss-reactive ketones (excluding diaryl/α,β-unsaturated/α-hetero) is 1. The number of ketones is 1. The molecule has 2 aliphatic heterocycles. The van der Waals surface area contributed by atoms with E-state index in [1.807, 2.05) is 23.9 Å². The van der Waals surface area contributed by atoms with E-state index < -0.39 is 5.82 Å². The Balaban J connectivity index is 1.66. The molecular weight excluding hydrogens is 297 g/mol. The minimum atomic E-state index is -0.431. The summed E-state index contributed by atoms with van der Waals surface area (Å²) < 4.78 is 14.3. The van der Waals surface area contributed by atoms with Gasteiger partial charge in [-0.05, 0) is 37.8 Å². The zero-order chi connectivity index (χ0) is 15.1. The van der Waals surface area contributed by atoms with E-state index in [9.17, 15) is 9.18 Å². The number of pyridine rings is 1. The number of rotatable bonds is 2. The summed E-state index contributed by atoms with van der Waals surface area (Å²) in [5.74, 6) is -0.458. The van der Waals surface area contributed by atoms with Gasteiger partial charge in [-0.2, -0.15) is 11.8 Å². The SMILES string of the molecule is O=C(c1cc2cccnc2cc1F)C1CC2CCCC(C1)S2. The van der Waals surface area contributed by atoms with Gasteiger partial charge in [-0.15, -0.1) is 0 Å². The molecular formula is C18H18FNOS. The van der Waals surface area contributed by atoms with Gasteiger partial charge in [-0.3, -0.25) is 9.78 Å². The largest absolute Gasteiger partial charge is 0.294 e. The second-order valence-electron chi connectivity index (χ2n) is 6.37. The molecule has 2 bridgehead atoms. The number of hydrogen-bond donors (Lipinski definition) is 0. The summed E-state index contributed by atoms with van der Waals surface area (Å²) in [4.78, 5) is 17.0. The van der Waals surface area contributed by atoms with E-state index in [2.05, 4.69) is 4.98 Å². The van der Waals surface area contributed by atoms with Crippen LogP contribution in [0.3, 0.4) is 0 Å². The molecule has 2 atom stereocenters. The molecule has 22 heavy (non-hydrogen) atoms. The van der Waals surface area contributed by atoms with Gasteiger partial charge in [0.1, 0.15) is 5.82 Å². The first-order valence-corrected chi connectivity index (χ1v) is 8.89. The third-order valence-corrected chi connectivity index (χ3v) is 6.49. The Morgan fingerprint density at radius 1 is 1.23 bits per heavy atom. The summed E-state index contributed by atoms with van der Waals surface area (Å²) in [6.07, 6.45) is 7.14. The lowest BCUT2D eigenvalue weighted by atomic mass is 9.84. The van der Waals surface area contributed by atoms with Crippen molar-refractivity contribution in [1.29, 1.82) is 0 Å². The van der Waals surface area contributed by atoms with Crippen molar-refractivity contribution in [3.05, 3.63) is 41.8 Å². The summed E-state index contributed by atoms with van der Waals surface area (Å²) in [5.41, 5.74) is 0.850. The number of carbonyl (C=O) groups excluding carboxylic acids is 1. The number of carbonyl (C=O) groups is 1. The first-order chi connectivity index (χ1) is 10.7. The molecule has 2 aromatic rings. The highest BCUT2D eigenvalue weighted by Crippen LogP contribution is 2.44. The summed E-state index contributed by atoms with van der Waals surface area (Å²) in [6, 6.07) is 6.76. The minimum absolute atomic E-state index is 0.0135. The van der Waals surface area contributed by atoms with Crippen molar-refractivity contribution < 1.29 is 9.18 Å². The maximum Gasteiger partial charge on any atom is 0.168 e. The molecule has 3 heterocycles. The van der Waals surface area contributed by atoms with E-state index in [4.69, 9.17) is 0 Å². The number of fused-ring (bicyclic) bond motifs is 3. The van der Waals surface area contributed by atoms with Gasteiger partial charge in [0, 0.05) is 34.1 Å². The standard InChI is InChI=1S/C18H18FNOS/c19-16-10-17-11(3-2-6-20-17)9-15(16)18(21)12-7-13-4-1-5-14(8-12)22-13/h2-3,6,9-10,12-14H,1,4-5,7-8H2. The fourth-order valence-electron chi connectivity index (χ4n) is 3.78. The molecule has 0 saturated carbocycles. The van der Waals surface area contributed by atoms with Crippen LogP contribution < -0.4 is 0 Å². The molecule has 2 nitrogen and oxygen atoms in total. The van der Waals surface area contributed by atoms with Crippen LogP contribution in [0.4, 0.5) is 4.39 Å². The van der Waals surface area contributed by atoms with Crippen LogP contribution in [0.1, 0.15) is 42.5 Å². The van der Waals surface area contributed by atoms with Gasteiger partial charge in [-0.25, -0.2) is 4.39 Å². The smallest absolute Gasteiger partial charge is 0.168 e. The molecule has 4 heteroatoms. The van der Waals surface area contributed by atoms with Crippen molar-refractivity contribution >= 4 is 28.4 Å². The molecule has 2 aliphatic rings. The highest BCUT2D eigenvalue weighted by molar-refractivity contribution is 8.00. The molecule has 0 N–H and O–H groups in total. The first-order valence-electron chi connectivity index (χ1n) is 7.94. The second kappa shape index (κ2) is 5.65. The third kappa shape index (κ3) is 2.54. The first kappa shape index (κ1) is 14.2. The van der Waals surface area contributed by atoms with Crippen LogP contribution in [0.2, 0.25) is 0 Å². The van der Waals surface area contributed by atoms with Gasteiger partial charge >= 0.3 is 0 Å². The fourth-order valence-corrected chi connectivity index (χ4v) is 5.61. The molecule has 1 aromatic heterocycles. The summed E-state index contributed by atoms with van der Waals surface area (Å²) >= 11 is 2.04. The van der Waals surface area contributed by atoms with Crippen LogP contribution in [0.15, 0.2) is 30.5 Å². The number of benzene rings is 1. The Morgan fingerprint density at radius 2 is 2.00 bits per heavy atom. The van der Waals surface area contributed by atoms with Crippen molar-refractivity contribution in [3.8, 4) is 0 Å². The lowest BCUT2D eigenvalue weighted by Crippen LogP contribution is -2.33. The predicted octanol–water partition coefficient (Wildman–Crippen LogP) is 4.62. The number of halogens is 1. The molecule has 0 amide bonds. The van der Waals surface area contributed by atoms with Crippen molar-refractivity contribution in [1.82, 2.24) is 4.98 Å². The average molecular weight is 315 g/mol. The van der Waals surface area contributed by atoms with Crippen LogP contribution in [0.25, 0.3) is 10.9 Å². The topological polar surface area (TPSA) is 30.0 Å². The lowest BCUT2D eigenvalue weighted by molar-refractivity contribution is 0.0892. The Labute approximate surface area is 133 Å². The number of nitrogens with zero attached hydrogens (tertiary/aromatic N) is 1. The quantitative estimate of drug-likeness (QED) is 0.757. The van der Waals surface area contributed by atoms with Crippen molar-refractivity contribution in [3.63, 3.8) is 0 Å². The van der Waals surface area contributed by atoms with Crippen LogP contribution >= 0.6 is 11.8 Å². The molecule has 114 valence electrons. The van der Waals surface area contributed by atoms with Gasteiger partial charge in [0.15, 0.2) is 5.78 Å². The van der Waals surface area contributed by atoms with Gasteiger partial charge in [0.25, 0.3) is 0 Å². The number of hydrogen-bond acceptors (Lipinski definition) is 3. The van der Waals surface area contributed by atoms with E-state index in [0.29, 0.717) is 16.0 Å². The number of thioether (sulfide) groups is 1. The molecule has 4 rings (SSSR count). The Kier molecular flexibility index (Phi) is 3.65. The predicted molar refractivity (Wildman–Crippen MR) is 87.8 cm³/mol.